The molecule has 3 heteroatoms. The number of carbonyl (C=O) groups excluding carboxylic acids is 1. The van der Waals surface area contributed by atoms with Crippen LogP contribution in [0, 0.1) is 0 Å². The van der Waals surface area contributed by atoms with E-state index >= 15 is 0 Å². The summed E-state index contributed by atoms with van der Waals surface area (Å²) in [7, 11) is 0. The first-order valence-electron chi connectivity index (χ1n) is 7.95. The fraction of sp³-hybridized carbons (Fsp3) is 0.0952. The van der Waals surface area contributed by atoms with Crippen molar-refractivity contribution in [3.05, 3.63) is 101 Å². The van der Waals surface area contributed by atoms with Crippen molar-refractivity contribution in [3.63, 3.8) is 0 Å². The number of rotatable bonds is 4. The van der Waals surface area contributed by atoms with Gasteiger partial charge in [0.25, 0.3) is 0 Å². The van der Waals surface area contributed by atoms with Crippen molar-refractivity contribution in [1.29, 1.82) is 0 Å². The average molecular weight is 334 g/mol. The summed E-state index contributed by atoms with van der Waals surface area (Å²) in [6.07, 6.45) is 0. The van der Waals surface area contributed by atoms with E-state index in [4.69, 9.17) is 11.6 Å². The summed E-state index contributed by atoms with van der Waals surface area (Å²) in [6, 6.07) is 25.6. The summed E-state index contributed by atoms with van der Waals surface area (Å²) in [4.78, 5) is 15.1. The van der Waals surface area contributed by atoms with Gasteiger partial charge in [-0.3, -0.25) is 4.79 Å². The van der Waals surface area contributed by atoms with Gasteiger partial charge in [0.15, 0.2) is 5.78 Å². The zero-order chi connectivity index (χ0) is 16.5. The van der Waals surface area contributed by atoms with Gasteiger partial charge >= 0.3 is 0 Å². The quantitative estimate of drug-likeness (QED) is 0.487. The summed E-state index contributed by atoms with van der Waals surface area (Å²) in [5.41, 5.74) is 3.55. The van der Waals surface area contributed by atoms with Crippen LogP contribution >= 0.6 is 11.6 Å². The molecule has 1 saturated heterocycles. The van der Waals surface area contributed by atoms with Gasteiger partial charge in [0.2, 0.25) is 0 Å². The fourth-order valence-corrected chi connectivity index (χ4v) is 3.22. The Morgan fingerprint density at radius 2 is 1.58 bits per heavy atom. The van der Waals surface area contributed by atoms with Gasteiger partial charge in [-0.2, -0.15) is 0 Å². The Kier molecular flexibility index (Phi) is 3.83. The number of halogens is 1. The smallest absolute Gasteiger partial charge is 0.195 e. The van der Waals surface area contributed by atoms with Crippen LogP contribution in [0.25, 0.3) is 0 Å². The van der Waals surface area contributed by atoms with Crippen molar-refractivity contribution in [2.45, 2.75) is 6.04 Å². The second-order valence-electron chi connectivity index (χ2n) is 5.94. The third-order valence-corrected chi connectivity index (χ3v) is 4.58. The maximum Gasteiger partial charge on any atom is 0.195 e. The SMILES string of the molecule is O=C(c1ccccc1)c1cc(Cl)ccc1N1CC1c1ccccc1. The van der Waals surface area contributed by atoms with Crippen molar-refractivity contribution in [3.8, 4) is 0 Å². The summed E-state index contributed by atoms with van der Waals surface area (Å²) >= 11 is 6.16. The van der Waals surface area contributed by atoms with Crippen molar-refractivity contribution >= 4 is 23.1 Å². The molecule has 2 nitrogen and oxygen atoms in total. The molecule has 1 unspecified atom stereocenters. The minimum Gasteiger partial charge on any atom is -0.360 e. The minimum atomic E-state index is 0.00631. The predicted octanol–water partition coefficient (Wildman–Crippen LogP) is 5.13. The van der Waals surface area contributed by atoms with Crippen LogP contribution in [0.3, 0.4) is 0 Å². The molecule has 1 atom stereocenters. The van der Waals surface area contributed by atoms with Crippen LogP contribution < -0.4 is 4.90 Å². The Morgan fingerprint density at radius 3 is 2.29 bits per heavy atom. The van der Waals surface area contributed by atoms with E-state index in [1.54, 1.807) is 6.07 Å². The summed E-state index contributed by atoms with van der Waals surface area (Å²) < 4.78 is 0. The van der Waals surface area contributed by atoms with Crippen LogP contribution in [-0.4, -0.2) is 12.3 Å². The lowest BCUT2D eigenvalue weighted by Crippen LogP contribution is -2.07. The van der Waals surface area contributed by atoms with Gasteiger partial charge in [0.05, 0.1) is 6.04 Å². The molecule has 0 N–H and O–H groups in total. The third-order valence-electron chi connectivity index (χ3n) is 4.35. The number of benzene rings is 3. The van der Waals surface area contributed by atoms with Gasteiger partial charge in [0.1, 0.15) is 0 Å². The molecular formula is C21H16ClNO. The van der Waals surface area contributed by atoms with E-state index < -0.39 is 0 Å². The minimum absolute atomic E-state index is 0.00631. The molecule has 1 aliphatic heterocycles. The molecule has 0 spiro atoms. The maximum atomic E-state index is 12.9. The standard InChI is InChI=1S/C21H16ClNO/c22-17-11-12-19(23-14-20(23)15-7-3-1-4-8-15)18(13-17)21(24)16-9-5-2-6-10-16/h1-13,20H,14H2. The van der Waals surface area contributed by atoms with Crippen LogP contribution in [-0.2, 0) is 0 Å². The third kappa shape index (κ3) is 2.81. The van der Waals surface area contributed by atoms with Gasteiger partial charge in [-0.05, 0) is 23.8 Å². The molecule has 0 radical (unpaired) electrons. The number of nitrogens with zero attached hydrogens (tertiary/aromatic N) is 1. The Balaban J connectivity index is 1.69. The normalized spacial score (nSPS) is 16.0. The Hall–Kier alpha value is -2.58. The Labute approximate surface area is 146 Å². The molecule has 118 valence electrons. The zero-order valence-electron chi connectivity index (χ0n) is 13.0. The Bertz CT molecular complexity index is 877. The van der Waals surface area contributed by atoms with E-state index in [0.717, 1.165) is 12.2 Å². The molecule has 1 heterocycles. The van der Waals surface area contributed by atoms with E-state index in [2.05, 4.69) is 17.0 Å². The van der Waals surface area contributed by atoms with Crippen LogP contribution in [0.4, 0.5) is 5.69 Å². The highest BCUT2D eigenvalue weighted by atomic mass is 35.5. The number of ketones is 1. The maximum absolute atomic E-state index is 12.9. The van der Waals surface area contributed by atoms with E-state index in [1.165, 1.54) is 5.56 Å². The zero-order valence-corrected chi connectivity index (χ0v) is 13.8. The molecule has 0 bridgehead atoms. The summed E-state index contributed by atoms with van der Waals surface area (Å²) in [5.74, 6) is 0.00631. The van der Waals surface area contributed by atoms with Crippen molar-refractivity contribution < 1.29 is 4.79 Å². The summed E-state index contributed by atoms with van der Waals surface area (Å²) in [6.45, 7) is 0.917. The van der Waals surface area contributed by atoms with Crippen LogP contribution in [0.15, 0.2) is 78.9 Å². The van der Waals surface area contributed by atoms with Gasteiger partial charge in [-0.15, -0.1) is 0 Å². The number of anilines is 1. The monoisotopic (exact) mass is 333 g/mol. The molecule has 3 aromatic rings. The molecule has 24 heavy (non-hydrogen) atoms. The van der Waals surface area contributed by atoms with Crippen molar-refractivity contribution in [2.75, 3.05) is 11.4 Å². The van der Waals surface area contributed by atoms with E-state index in [9.17, 15) is 4.79 Å². The fourth-order valence-electron chi connectivity index (χ4n) is 3.05. The molecule has 1 fully saturated rings. The van der Waals surface area contributed by atoms with Gasteiger partial charge in [0, 0.05) is 28.4 Å². The second-order valence-corrected chi connectivity index (χ2v) is 6.37. The lowest BCUT2D eigenvalue weighted by molar-refractivity contribution is 0.103. The molecule has 0 saturated carbocycles. The van der Waals surface area contributed by atoms with E-state index in [0.29, 0.717) is 22.2 Å². The molecule has 0 aromatic heterocycles. The molecular weight excluding hydrogens is 318 g/mol. The lowest BCUT2D eigenvalue weighted by Gasteiger charge is -2.12. The highest BCUT2D eigenvalue weighted by Gasteiger charge is 2.37. The lowest BCUT2D eigenvalue weighted by atomic mass is 10.0. The van der Waals surface area contributed by atoms with Crippen molar-refractivity contribution in [1.82, 2.24) is 0 Å². The summed E-state index contributed by atoms with van der Waals surface area (Å²) in [5, 5.41) is 0.580. The highest BCUT2D eigenvalue weighted by molar-refractivity contribution is 6.31. The van der Waals surface area contributed by atoms with Gasteiger partial charge in [-0.25, -0.2) is 0 Å². The number of carbonyl (C=O) groups is 1. The van der Waals surface area contributed by atoms with E-state index in [1.807, 2.05) is 60.7 Å². The number of hydrogen-bond acceptors (Lipinski definition) is 2. The first-order valence-corrected chi connectivity index (χ1v) is 8.33. The topological polar surface area (TPSA) is 20.1 Å². The molecule has 4 rings (SSSR count). The number of hydrogen-bond donors (Lipinski definition) is 0. The second kappa shape index (κ2) is 6.14. The molecule has 3 aromatic carbocycles. The first kappa shape index (κ1) is 15.0. The van der Waals surface area contributed by atoms with Crippen LogP contribution in [0.2, 0.25) is 5.02 Å². The van der Waals surface area contributed by atoms with Crippen molar-refractivity contribution in [2.24, 2.45) is 0 Å². The molecule has 0 amide bonds. The molecule has 0 aliphatic carbocycles. The Morgan fingerprint density at radius 1 is 0.917 bits per heavy atom. The van der Waals surface area contributed by atoms with Gasteiger partial charge in [-0.1, -0.05) is 72.3 Å². The van der Waals surface area contributed by atoms with Crippen LogP contribution in [0.1, 0.15) is 27.5 Å². The predicted molar refractivity (Wildman–Crippen MR) is 97.9 cm³/mol. The van der Waals surface area contributed by atoms with E-state index in [-0.39, 0.29) is 5.78 Å². The average Bonchev–Trinajstić information content (AvgIpc) is 3.43. The highest BCUT2D eigenvalue weighted by Crippen LogP contribution is 2.42. The first-order chi connectivity index (χ1) is 11.7. The largest absolute Gasteiger partial charge is 0.360 e. The van der Waals surface area contributed by atoms with Crippen LogP contribution in [0.5, 0.6) is 0 Å². The molecule has 1 aliphatic rings. The van der Waals surface area contributed by atoms with Gasteiger partial charge < -0.3 is 4.90 Å².